The first-order chi connectivity index (χ1) is 16.1. The first-order valence-corrected chi connectivity index (χ1v) is 10.8. The number of carbonyl (C=O) groups is 1. The van der Waals surface area contributed by atoms with Crippen molar-refractivity contribution < 1.29 is 19.4 Å². The Balaban J connectivity index is 1.56. The molecule has 1 aromatic heterocycles. The summed E-state index contributed by atoms with van der Waals surface area (Å²) >= 11 is 0. The third-order valence-corrected chi connectivity index (χ3v) is 5.63. The van der Waals surface area contributed by atoms with E-state index in [0.29, 0.717) is 48.8 Å². The Morgan fingerprint density at radius 3 is 2.79 bits per heavy atom. The zero-order valence-electron chi connectivity index (χ0n) is 18.5. The second kappa shape index (κ2) is 10.2. The number of aliphatic hydroxyl groups excluding tert-OH is 1. The highest BCUT2D eigenvalue weighted by molar-refractivity contribution is 5.93. The Hall–Kier alpha value is -3.83. The molecule has 4 rings (SSSR count). The fourth-order valence-electron chi connectivity index (χ4n) is 3.90. The summed E-state index contributed by atoms with van der Waals surface area (Å²) < 4.78 is 11.8. The van der Waals surface area contributed by atoms with E-state index in [0.717, 1.165) is 16.6 Å². The van der Waals surface area contributed by atoms with Crippen molar-refractivity contribution in [3.8, 4) is 23.8 Å². The number of aliphatic hydroxyl groups is 1. The summed E-state index contributed by atoms with van der Waals surface area (Å²) in [6, 6.07) is 11.3. The molecule has 1 aliphatic heterocycles. The number of carbonyl (C=O) groups excluding carboxylic acids is 1. The van der Waals surface area contributed by atoms with Crippen molar-refractivity contribution in [1.82, 2.24) is 14.9 Å². The number of piperidine rings is 1. The molecule has 0 atom stereocenters. The number of fused-ring (bicyclic) bond motifs is 1. The summed E-state index contributed by atoms with van der Waals surface area (Å²) in [6.45, 7) is 1.07. The molecule has 0 aliphatic carbocycles. The second-order valence-corrected chi connectivity index (χ2v) is 7.76. The molecule has 2 N–H and O–H groups in total. The van der Waals surface area contributed by atoms with E-state index in [9.17, 15) is 4.79 Å². The minimum absolute atomic E-state index is 0.0268. The predicted molar refractivity (Wildman–Crippen MR) is 126 cm³/mol. The van der Waals surface area contributed by atoms with Gasteiger partial charge in [-0.15, -0.1) is 6.42 Å². The van der Waals surface area contributed by atoms with Crippen LogP contribution in [0.5, 0.6) is 11.5 Å². The Morgan fingerprint density at radius 1 is 1.24 bits per heavy atom. The molecule has 0 radical (unpaired) electrons. The molecular formula is C25H26N4O4. The van der Waals surface area contributed by atoms with Crippen LogP contribution in [-0.4, -0.2) is 58.8 Å². The zero-order chi connectivity index (χ0) is 23.2. The van der Waals surface area contributed by atoms with Gasteiger partial charge in [-0.05, 0) is 24.3 Å². The molecule has 0 bridgehead atoms. The average molecular weight is 447 g/mol. The van der Waals surface area contributed by atoms with Gasteiger partial charge in [0.25, 0.3) is 0 Å². The van der Waals surface area contributed by atoms with E-state index >= 15 is 0 Å². The Kier molecular flexibility index (Phi) is 6.91. The number of aromatic nitrogens is 2. The van der Waals surface area contributed by atoms with Gasteiger partial charge in [0.2, 0.25) is 5.91 Å². The number of nitrogens with zero attached hydrogens (tertiary/aromatic N) is 3. The topological polar surface area (TPSA) is 96.8 Å². The molecule has 0 spiro atoms. The first kappa shape index (κ1) is 22.4. The molecule has 170 valence electrons. The lowest BCUT2D eigenvalue weighted by atomic mass is 10.1. The number of hydrogen-bond acceptors (Lipinski definition) is 7. The van der Waals surface area contributed by atoms with Crippen molar-refractivity contribution in [2.45, 2.75) is 25.4 Å². The van der Waals surface area contributed by atoms with Gasteiger partial charge in [0.05, 0.1) is 19.2 Å². The normalized spacial score (nSPS) is 14.0. The van der Waals surface area contributed by atoms with Gasteiger partial charge in [0.15, 0.2) is 11.5 Å². The van der Waals surface area contributed by atoms with Gasteiger partial charge in [-0.1, -0.05) is 12.0 Å². The molecule has 1 saturated heterocycles. The molecule has 1 fully saturated rings. The zero-order valence-corrected chi connectivity index (χ0v) is 18.5. The number of hydrogen-bond donors (Lipinski definition) is 2. The van der Waals surface area contributed by atoms with Crippen LogP contribution in [0.2, 0.25) is 0 Å². The van der Waals surface area contributed by atoms with Crippen molar-refractivity contribution in [2.24, 2.45) is 0 Å². The molecular weight excluding hydrogens is 420 g/mol. The number of methoxy groups -OCH3 is 1. The van der Waals surface area contributed by atoms with Crippen LogP contribution < -0.4 is 14.8 Å². The van der Waals surface area contributed by atoms with E-state index in [1.807, 2.05) is 36.4 Å². The van der Waals surface area contributed by atoms with Crippen LogP contribution in [0.4, 0.5) is 11.5 Å². The highest BCUT2D eigenvalue weighted by atomic mass is 16.5. The minimum Gasteiger partial charge on any atom is -0.493 e. The molecule has 2 aromatic carbocycles. The van der Waals surface area contributed by atoms with E-state index in [4.69, 9.17) is 21.0 Å². The molecule has 2 heterocycles. The molecule has 1 aliphatic rings. The summed E-state index contributed by atoms with van der Waals surface area (Å²) in [5.74, 6) is 4.42. The Morgan fingerprint density at radius 2 is 2.06 bits per heavy atom. The Bertz CT molecular complexity index is 1180. The monoisotopic (exact) mass is 446 g/mol. The number of nitrogens with one attached hydrogen (secondary N) is 1. The van der Waals surface area contributed by atoms with E-state index in [-0.39, 0.29) is 25.0 Å². The largest absolute Gasteiger partial charge is 0.493 e. The number of rotatable bonds is 7. The highest BCUT2D eigenvalue weighted by Gasteiger charge is 2.25. The van der Waals surface area contributed by atoms with E-state index in [2.05, 4.69) is 21.2 Å². The number of amides is 1. The van der Waals surface area contributed by atoms with Crippen LogP contribution in [0.25, 0.3) is 10.9 Å². The highest BCUT2D eigenvalue weighted by Crippen LogP contribution is 2.36. The molecule has 8 heteroatoms. The summed E-state index contributed by atoms with van der Waals surface area (Å²) in [6.07, 6.45) is 8.52. The molecule has 0 saturated carbocycles. The van der Waals surface area contributed by atoms with Gasteiger partial charge in [-0.2, -0.15) is 0 Å². The average Bonchev–Trinajstić information content (AvgIpc) is 2.84. The van der Waals surface area contributed by atoms with Crippen LogP contribution in [-0.2, 0) is 4.79 Å². The van der Waals surface area contributed by atoms with Gasteiger partial charge in [-0.3, -0.25) is 4.79 Å². The van der Waals surface area contributed by atoms with Crippen LogP contribution in [0.1, 0.15) is 24.8 Å². The fourth-order valence-corrected chi connectivity index (χ4v) is 3.90. The Labute approximate surface area is 192 Å². The molecule has 8 nitrogen and oxygen atoms in total. The molecule has 1 amide bonds. The lowest BCUT2D eigenvalue weighted by Crippen LogP contribution is -2.42. The van der Waals surface area contributed by atoms with Crippen LogP contribution in [0, 0.1) is 12.3 Å². The third-order valence-electron chi connectivity index (χ3n) is 5.63. The maximum atomic E-state index is 12.0. The van der Waals surface area contributed by atoms with Gasteiger partial charge < -0.3 is 24.8 Å². The van der Waals surface area contributed by atoms with Crippen LogP contribution in [0.15, 0.2) is 42.7 Å². The maximum Gasteiger partial charge on any atom is 0.224 e. The second-order valence-electron chi connectivity index (χ2n) is 7.76. The maximum absolute atomic E-state index is 12.0. The quantitative estimate of drug-likeness (QED) is 0.538. The summed E-state index contributed by atoms with van der Waals surface area (Å²) in [7, 11) is 1.59. The molecule has 3 aromatic rings. The summed E-state index contributed by atoms with van der Waals surface area (Å²) in [5, 5.41) is 13.1. The standard InChI is InChI=1S/C25H26N4O4/c1-3-17-5-4-6-18(13-17)28-25-20-14-23(22(32-2)15-21(20)26-16-27-25)33-19-7-10-29(11-8-19)24(31)9-12-30/h1,4-6,13-16,19,30H,7-12H2,2H3,(H,26,27,28). The lowest BCUT2D eigenvalue weighted by Gasteiger charge is -2.32. The van der Waals surface area contributed by atoms with Crippen molar-refractivity contribution in [2.75, 3.05) is 32.1 Å². The van der Waals surface area contributed by atoms with Gasteiger partial charge >= 0.3 is 0 Å². The van der Waals surface area contributed by atoms with Gasteiger partial charge in [0, 0.05) is 55.1 Å². The van der Waals surface area contributed by atoms with Crippen LogP contribution in [0.3, 0.4) is 0 Å². The number of terminal acetylenes is 1. The summed E-state index contributed by atoms with van der Waals surface area (Å²) in [4.78, 5) is 22.6. The molecule has 0 unspecified atom stereocenters. The SMILES string of the molecule is C#Cc1cccc(Nc2ncnc3cc(OC)c(OC4CCN(C(=O)CCO)CC4)cc23)c1. The van der Waals surface area contributed by atoms with E-state index in [1.165, 1.54) is 6.33 Å². The van der Waals surface area contributed by atoms with Crippen LogP contribution >= 0.6 is 0 Å². The van der Waals surface area contributed by atoms with Gasteiger partial charge in [-0.25, -0.2) is 9.97 Å². The van der Waals surface area contributed by atoms with E-state index < -0.39 is 0 Å². The smallest absolute Gasteiger partial charge is 0.224 e. The number of likely N-dealkylation sites (tertiary alicyclic amines) is 1. The number of ether oxygens (including phenoxy) is 2. The number of benzene rings is 2. The molecule has 33 heavy (non-hydrogen) atoms. The van der Waals surface area contributed by atoms with Gasteiger partial charge in [0.1, 0.15) is 18.2 Å². The summed E-state index contributed by atoms with van der Waals surface area (Å²) in [5.41, 5.74) is 2.31. The lowest BCUT2D eigenvalue weighted by molar-refractivity contribution is -0.133. The minimum atomic E-state index is -0.130. The van der Waals surface area contributed by atoms with Crippen molar-refractivity contribution in [3.63, 3.8) is 0 Å². The third kappa shape index (κ3) is 5.16. The first-order valence-electron chi connectivity index (χ1n) is 10.8. The fraction of sp³-hybridized carbons (Fsp3) is 0.320. The number of anilines is 2. The predicted octanol–water partition coefficient (Wildman–Crippen LogP) is 3.12. The van der Waals surface area contributed by atoms with Crippen molar-refractivity contribution in [1.29, 1.82) is 0 Å². The van der Waals surface area contributed by atoms with Crippen molar-refractivity contribution in [3.05, 3.63) is 48.3 Å². The van der Waals surface area contributed by atoms with E-state index in [1.54, 1.807) is 12.0 Å². The van der Waals surface area contributed by atoms with Crippen molar-refractivity contribution >= 4 is 28.3 Å².